The summed E-state index contributed by atoms with van der Waals surface area (Å²) in [6, 6.07) is 7.25. The maximum absolute atomic E-state index is 12.7. The average molecular weight is 424 g/mol. The maximum atomic E-state index is 12.7. The summed E-state index contributed by atoms with van der Waals surface area (Å²) in [5.41, 5.74) is 7.70. The third-order valence-electron chi connectivity index (χ3n) is 3.92. The number of benzene rings is 1. The summed E-state index contributed by atoms with van der Waals surface area (Å²) in [6.45, 7) is 5.55. The molecule has 2 amide bonds. The van der Waals surface area contributed by atoms with Gasteiger partial charge in [-0.15, -0.1) is 0 Å². The van der Waals surface area contributed by atoms with E-state index in [1.54, 1.807) is 19.1 Å². The lowest BCUT2D eigenvalue weighted by atomic mass is 10.1. The number of hydrazine groups is 1. The summed E-state index contributed by atoms with van der Waals surface area (Å²) in [5, 5.41) is 0. The van der Waals surface area contributed by atoms with E-state index in [0.29, 0.717) is 22.7 Å². The van der Waals surface area contributed by atoms with Crippen LogP contribution < -0.4 is 20.3 Å². The Labute approximate surface area is 160 Å². The van der Waals surface area contributed by atoms with Crippen LogP contribution in [0.25, 0.3) is 5.69 Å². The van der Waals surface area contributed by atoms with E-state index >= 15 is 0 Å². The molecule has 0 aliphatic heterocycles. The van der Waals surface area contributed by atoms with Crippen molar-refractivity contribution in [3.8, 4) is 17.2 Å². The number of aryl methyl sites for hydroxylation is 2. The Morgan fingerprint density at radius 1 is 1.04 bits per heavy atom. The highest BCUT2D eigenvalue weighted by molar-refractivity contribution is 9.10. The predicted molar refractivity (Wildman–Crippen MR) is 102 cm³/mol. The molecule has 0 fully saturated rings. The first-order chi connectivity index (χ1) is 12.3. The van der Waals surface area contributed by atoms with Gasteiger partial charge in [0.1, 0.15) is 0 Å². The summed E-state index contributed by atoms with van der Waals surface area (Å²) in [6.07, 6.45) is 0. The molecule has 0 aliphatic rings. The standard InChI is InChI=1S/C18H22BrN3O4/c1-10-6-7-11(2)22(10)14-9-16(26-5)15(25-4)8-13(14)18(24)21-20-17(23)12(3)19/h6-9,12H,1-5H3,(H,20,23)(H,21,24)/t12-/m0/s1. The number of halogens is 1. The van der Waals surface area contributed by atoms with Gasteiger partial charge in [-0.2, -0.15) is 0 Å². The van der Waals surface area contributed by atoms with Crippen molar-refractivity contribution in [3.05, 3.63) is 41.2 Å². The summed E-state index contributed by atoms with van der Waals surface area (Å²) < 4.78 is 12.6. The number of methoxy groups -OCH3 is 2. The molecule has 26 heavy (non-hydrogen) atoms. The molecular weight excluding hydrogens is 402 g/mol. The Morgan fingerprint density at radius 3 is 2.08 bits per heavy atom. The number of ether oxygens (including phenoxy) is 2. The third kappa shape index (κ3) is 4.01. The molecule has 0 saturated carbocycles. The molecule has 2 rings (SSSR count). The molecule has 0 unspecified atom stereocenters. The zero-order valence-electron chi connectivity index (χ0n) is 15.3. The van der Waals surface area contributed by atoms with Gasteiger partial charge in [0, 0.05) is 17.5 Å². The number of amides is 2. The Morgan fingerprint density at radius 2 is 1.58 bits per heavy atom. The second kappa shape index (κ2) is 8.27. The summed E-state index contributed by atoms with van der Waals surface area (Å²) in [4.78, 5) is 24.0. The summed E-state index contributed by atoms with van der Waals surface area (Å²) in [5.74, 6) is 0.109. The Balaban J connectivity index is 2.52. The van der Waals surface area contributed by atoms with Crippen LogP contribution in [0.2, 0.25) is 0 Å². The molecule has 1 atom stereocenters. The van der Waals surface area contributed by atoms with E-state index in [4.69, 9.17) is 9.47 Å². The van der Waals surface area contributed by atoms with Gasteiger partial charge in [0.2, 0.25) is 0 Å². The Kier molecular flexibility index (Phi) is 6.31. The first-order valence-corrected chi connectivity index (χ1v) is 8.87. The van der Waals surface area contributed by atoms with E-state index in [1.165, 1.54) is 14.2 Å². The van der Waals surface area contributed by atoms with Gasteiger partial charge in [0.25, 0.3) is 11.8 Å². The lowest BCUT2D eigenvalue weighted by molar-refractivity contribution is -0.120. The second-order valence-electron chi connectivity index (χ2n) is 5.74. The van der Waals surface area contributed by atoms with Gasteiger partial charge in [-0.05, 0) is 39.0 Å². The molecule has 140 valence electrons. The van der Waals surface area contributed by atoms with Crippen LogP contribution in [0, 0.1) is 13.8 Å². The summed E-state index contributed by atoms with van der Waals surface area (Å²) >= 11 is 3.15. The van der Waals surface area contributed by atoms with E-state index in [-0.39, 0.29) is 5.91 Å². The molecule has 2 N–H and O–H groups in total. The van der Waals surface area contributed by atoms with Crippen LogP contribution in [-0.4, -0.2) is 35.4 Å². The van der Waals surface area contributed by atoms with E-state index < -0.39 is 10.7 Å². The van der Waals surface area contributed by atoms with Gasteiger partial charge in [-0.3, -0.25) is 20.4 Å². The van der Waals surface area contributed by atoms with Crippen LogP contribution in [0.3, 0.4) is 0 Å². The molecule has 0 aliphatic carbocycles. The SMILES string of the molecule is COc1cc(C(=O)NNC(=O)[C@H](C)Br)c(-n2c(C)ccc2C)cc1OC. The van der Waals surface area contributed by atoms with Gasteiger partial charge in [0.05, 0.1) is 30.3 Å². The number of alkyl halides is 1. The largest absolute Gasteiger partial charge is 0.493 e. The highest BCUT2D eigenvalue weighted by Gasteiger charge is 2.20. The minimum absolute atomic E-state index is 0.340. The van der Waals surface area contributed by atoms with Crippen molar-refractivity contribution < 1.29 is 19.1 Å². The van der Waals surface area contributed by atoms with E-state index in [9.17, 15) is 9.59 Å². The predicted octanol–water partition coefficient (Wildman–Crippen LogP) is 2.66. The van der Waals surface area contributed by atoms with E-state index in [1.807, 2.05) is 30.5 Å². The molecular formula is C18H22BrN3O4. The first kappa shape index (κ1) is 19.8. The average Bonchev–Trinajstić information content (AvgIpc) is 2.96. The lowest BCUT2D eigenvalue weighted by Crippen LogP contribution is -2.44. The molecule has 2 aromatic rings. The van der Waals surface area contributed by atoms with Gasteiger partial charge in [-0.25, -0.2) is 0 Å². The van der Waals surface area contributed by atoms with E-state index in [0.717, 1.165) is 11.4 Å². The van der Waals surface area contributed by atoms with Crippen LogP contribution in [0.4, 0.5) is 0 Å². The molecule has 8 heteroatoms. The number of carbonyl (C=O) groups is 2. The number of aromatic nitrogens is 1. The van der Waals surface area contributed by atoms with Gasteiger partial charge < -0.3 is 14.0 Å². The number of nitrogens with one attached hydrogen (secondary N) is 2. The van der Waals surface area contributed by atoms with Crippen LogP contribution >= 0.6 is 15.9 Å². The fourth-order valence-corrected chi connectivity index (χ4v) is 2.68. The van der Waals surface area contributed by atoms with Crippen LogP contribution in [0.15, 0.2) is 24.3 Å². The molecule has 7 nitrogen and oxygen atoms in total. The number of rotatable bonds is 5. The highest BCUT2D eigenvalue weighted by atomic mass is 79.9. The van der Waals surface area contributed by atoms with E-state index in [2.05, 4.69) is 26.8 Å². The smallest absolute Gasteiger partial charge is 0.271 e. The van der Waals surface area contributed by atoms with Crippen LogP contribution in [0.1, 0.15) is 28.7 Å². The first-order valence-electron chi connectivity index (χ1n) is 7.95. The second-order valence-corrected chi connectivity index (χ2v) is 7.11. The van der Waals surface area contributed by atoms with Gasteiger partial charge >= 0.3 is 0 Å². The normalized spacial score (nSPS) is 11.6. The topological polar surface area (TPSA) is 81.6 Å². The fourth-order valence-electron chi connectivity index (χ4n) is 2.57. The number of nitrogens with zero attached hydrogens (tertiary/aromatic N) is 1. The van der Waals surface area contributed by atoms with Crippen molar-refractivity contribution in [2.75, 3.05) is 14.2 Å². The number of carbonyl (C=O) groups excluding carboxylic acids is 2. The molecule has 0 radical (unpaired) electrons. The van der Waals surface area contributed by atoms with Crippen LogP contribution in [-0.2, 0) is 4.79 Å². The minimum atomic E-state index is -0.463. The molecule has 0 spiro atoms. The zero-order valence-corrected chi connectivity index (χ0v) is 16.9. The van der Waals surface area contributed by atoms with Crippen molar-refractivity contribution in [3.63, 3.8) is 0 Å². The van der Waals surface area contributed by atoms with Crippen molar-refractivity contribution in [2.24, 2.45) is 0 Å². The molecule has 1 heterocycles. The van der Waals surface area contributed by atoms with Crippen LogP contribution in [0.5, 0.6) is 11.5 Å². The molecule has 1 aromatic carbocycles. The summed E-state index contributed by atoms with van der Waals surface area (Å²) in [7, 11) is 3.04. The molecule has 0 saturated heterocycles. The lowest BCUT2D eigenvalue weighted by Gasteiger charge is -2.18. The van der Waals surface area contributed by atoms with Crippen molar-refractivity contribution >= 4 is 27.7 Å². The molecule has 0 bridgehead atoms. The van der Waals surface area contributed by atoms with Crippen molar-refractivity contribution in [1.82, 2.24) is 15.4 Å². The number of hydrogen-bond donors (Lipinski definition) is 2. The minimum Gasteiger partial charge on any atom is -0.493 e. The van der Waals surface area contributed by atoms with Crippen molar-refractivity contribution in [1.29, 1.82) is 0 Å². The van der Waals surface area contributed by atoms with Gasteiger partial charge in [0.15, 0.2) is 11.5 Å². The Bertz CT molecular complexity index is 811. The highest BCUT2D eigenvalue weighted by Crippen LogP contribution is 2.33. The monoisotopic (exact) mass is 423 g/mol. The third-order valence-corrected chi connectivity index (χ3v) is 4.33. The Hall–Kier alpha value is -2.48. The van der Waals surface area contributed by atoms with Crippen molar-refractivity contribution in [2.45, 2.75) is 25.6 Å². The quantitative estimate of drug-likeness (QED) is 0.571. The van der Waals surface area contributed by atoms with Gasteiger partial charge in [-0.1, -0.05) is 15.9 Å². The fraction of sp³-hybridized carbons (Fsp3) is 0.333. The maximum Gasteiger partial charge on any atom is 0.271 e. The molecule has 1 aromatic heterocycles. The zero-order chi connectivity index (χ0) is 19.4. The number of hydrogen-bond acceptors (Lipinski definition) is 4.